The lowest BCUT2D eigenvalue weighted by Crippen LogP contribution is -2.01. The number of fused-ring (bicyclic) bond motifs is 1. The molecule has 0 aliphatic rings. The fraction of sp³-hybridized carbons (Fsp3) is 0.133. The highest BCUT2D eigenvalue weighted by Crippen LogP contribution is 2.23. The summed E-state index contributed by atoms with van der Waals surface area (Å²) in [4.78, 5) is 3.05. The van der Waals surface area contributed by atoms with E-state index in [-0.39, 0.29) is 5.82 Å². The lowest BCUT2D eigenvalue weighted by atomic mass is 10.1. The molecule has 0 unspecified atom stereocenters. The fourth-order valence-electron chi connectivity index (χ4n) is 2.26. The minimum absolute atomic E-state index is 0.288. The molecular weight excluding hydrogens is 339 g/mol. The zero-order chi connectivity index (χ0) is 14.1. The SMILES string of the molecule is Fc1cc2[nH]c(=S)n(CCc3ccccc3)c2cc1Br. The summed E-state index contributed by atoms with van der Waals surface area (Å²) in [6, 6.07) is 13.5. The van der Waals surface area contributed by atoms with Crippen LogP contribution in [0, 0.1) is 10.6 Å². The van der Waals surface area contributed by atoms with Gasteiger partial charge in [0.15, 0.2) is 4.77 Å². The smallest absolute Gasteiger partial charge is 0.178 e. The van der Waals surface area contributed by atoms with Gasteiger partial charge in [-0.2, -0.15) is 0 Å². The van der Waals surface area contributed by atoms with Crippen molar-refractivity contribution in [3.63, 3.8) is 0 Å². The first-order chi connectivity index (χ1) is 9.65. The Morgan fingerprint density at radius 1 is 1.20 bits per heavy atom. The molecule has 0 radical (unpaired) electrons. The summed E-state index contributed by atoms with van der Waals surface area (Å²) in [6.45, 7) is 0.765. The zero-order valence-electron chi connectivity index (χ0n) is 10.6. The Morgan fingerprint density at radius 3 is 2.70 bits per heavy atom. The van der Waals surface area contributed by atoms with Gasteiger partial charge in [-0.1, -0.05) is 30.3 Å². The number of imidazole rings is 1. The van der Waals surface area contributed by atoms with Crippen LogP contribution in [0.4, 0.5) is 4.39 Å². The molecule has 1 heterocycles. The van der Waals surface area contributed by atoms with Gasteiger partial charge in [0, 0.05) is 12.6 Å². The normalized spacial score (nSPS) is 11.1. The first-order valence-electron chi connectivity index (χ1n) is 6.26. The predicted octanol–water partition coefficient (Wildman–Crippen LogP) is 4.84. The van der Waals surface area contributed by atoms with E-state index >= 15 is 0 Å². The van der Waals surface area contributed by atoms with Crippen LogP contribution in [0.2, 0.25) is 0 Å². The van der Waals surface area contributed by atoms with Crippen LogP contribution in [0.1, 0.15) is 5.56 Å². The van der Waals surface area contributed by atoms with Crippen molar-refractivity contribution >= 4 is 39.2 Å². The molecule has 5 heteroatoms. The van der Waals surface area contributed by atoms with Crippen LogP contribution >= 0.6 is 28.1 Å². The molecule has 2 nitrogen and oxygen atoms in total. The summed E-state index contributed by atoms with van der Waals surface area (Å²) in [5, 5.41) is 0. The Hall–Kier alpha value is -1.46. The molecule has 0 bridgehead atoms. The number of aryl methyl sites for hydroxylation is 2. The maximum atomic E-state index is 13.5. The third kappa shape index (κ3) is 2.55. The Kier molecular flexibility index (Phi) is 3.72. The van der Waals surface area contributed by atoms with Gasteiger partial charge in [0.25, 0.3) is 0 Å². The second-order valence-electron chi connectivity index (χ2n) is 4.60. The number of halogens is 2. The van der Waals surface area contributed by atoms with Crippen molar-refractivity contribution in [3.05, 3.63) is 63.1 Å². The summed E-state index contributed by atoms with van der Waals surface area (Å²) >= 11 is 8.54. The van der Waals surface area contributed by atoms with Crippen molar-refractivity contribution in [2.45, 2.75) is 13.0 Å². The molecule has 0 fully saturated rings. The van der Waals surface area contributed by atoms with Gasteiger partial charge in [0.05, 0.1) is 15.5 Å². The molecule has 3 aromatic rings. The minimum Gasteiger partial charge on any atom is -0.330 e. The molecule has 0 aliphatic carbocycles. The number of hydrogen-bond acceptors (Lipinski definition) is 1. The van der Waals surface area contributed by atoms with E-state index in [1.54, 1.807) is 6.07 Å². The lowest BCUT2D eigenvalue weighted by Gasteiger charge is -2.05. The quantitative estimate of drug-likeness (QED) is 0.670. The monoisotopic (exact) mass is 350 g/mol. The van der Waals surface area contributed by atoms with E-state index in [0.29, 0.717) is 9.24 Å². The summed E-state index contributed by atoms with van der Waals surface area (Å²) in [5.41, 5.74) is 2.90. The highest BCUT2D eigenvalue weighted by Gasteiger charge is 2.08. The van der Waals surface area contributed by atoms with Gasteiger partial charge >= 0.3 is 0 Å². The van der Waals surface area contributed by atoms with Crippen molar-refractivity contribution < 1.29 is 4.39 Å². The molecule has 0 atom stereocenters. The van der Waals surface area contributed by atoms with Crippen LogP contribution in [0.3, 0.4) is 0 Å². The van der Waals surface area contributed by atoms with Crippen molar-refractivity contribution in [3.8, 4) is 0 Å². The van der Waals surface area contributed by atoms with Crippen LogP contribution < -0.4 is 0 Å². The Bertz CT molecular complexity index is 808. The van der Waals surface area contributed by atoms with E-state index in [9.17, 15) is 4.39 Å². The van der Waals surface area contributed by atoms with Crippen LogP contribution in [0.15, 0.2) is 46.9 Å². The van der Waals surface area contributed by atoms with Gasteiger partial charge in [-0.25, -0.2) is 4.39 Å². The average molecular weight is 351 g/mol. The second kappa shape index (κ2) is 5.50. The molecule has 0 spiro atoms. The van der Waals surface area contributed by atoms with Gasteiger partial charge in [-0.05, 0) is 46.2 Å². The molecule has 2 aromatic carbocycles. The van der Waals surface area contributed by atoms with Crippen LogP contribution in [0.25, 0.3) is 11.0 Å². The summed E-state index contributed by atoms with van der Waals surface area (Å²) in [5.74, 6) is -0.288. The van der Waals surface area contributed by atoms with Crippen molar-refractivity contribution in [2.24, 2.45) is 0 Å². The van der Waals surface area contributed by atoms with E-state index < -0.39 is 0 Å². The molecule has 102 valence electrons. The molecule has 1 N–H and O–H groups in total. The Labute approximate surface area is 129 Å². The predicted molar refractivity (Wildman–Crippen MR) is 84.9 cm³/mol. The number of aromatic amines is 1. The molecule has 20 heavy (non-hydrogen) atoms. The number of nitrogens with one attached hydrogen (secondary N) is 1. The topological polar surface area (TPSA) is 20.7 Å². The number of aromatic nitrogens is 2. The number of benzene rings is 2. The number of H-pyrrole nitrogens is 1. The molecule has 3 rings (SSSR count). The number of nitrogens with zero attached hydrogens (tertiary/aromatic N) is 1. The van der Waals surface area contributed by atoms with Crippen molar-refractivity contribution in [2.75, 3.05) is 0 Å². The van der Waals surface area contributed by atoms with Crippen LogP contribution in [-0.2, 0) is 13.0 Å². The van der Waals surface area contributed by atoms with Gasteiger partial charge in [-0.15, -0.1) is 0 Å². The van der Waals surface area contributed by atoms with Crippen LogP contribution in [-0.4, -0.2) is 9.55 Å². The van der Waals surface area contributed by atoms with E-state index in [0.717, 1.165) is 24.0 Å². The first-order valence-corrected chi connectivity index (χ1v) is 7.47. The number of hydrogen-bond donors (Lipinski definition) is 1. The highest BCUT2D eigenvalue weighted by atomic mass is 79.9. The first kappa shape index (κ1) is 13.5. The maximum Gasteiger partial charge on any atom is 0.178 e. The lowest BCUT2D eigenvalue weighted by molar-refractivity contribution is 0.622. The maximum absolute atomic E-state index is 13.5. The summed E-state index contributed by atoms with van der Waals surface area (Å²) in [6.07, 6.45) is 0.886. The minimum atomic E-state index is -0.288. The molecule has 0 aliphatic heterocycles. The van der Waals surface area contributed by atoms with Crippen molar-refractivity contribution in [1.82, 2.24) is 9.55 Å². The Balaban J connectivity index is 1.97. The zero-order valence-corrected chi connectivity index (χ0v) is 13.0. The van der Waals surface area contributed by atoms with Gasteiger partial charge in [0.2, 0.25) is 0 Å². The van der Waals surface area contributed by atoms with Crippen LogP contribution in [0.5, 0.6) is 0 Å². The van der Waals surface area contributed by atoms with Gasteiger partial charge < -0.3 is 9.55 Å². The standard InChI is InChI=1S/C15H12BrFN2S/c16-11-8-14-13(9-12(11)17)18-15(20)19(14)7-6-10-4-2-1-3-5-10/h1-5,8-9H,6-7H2,(H,18,20). The van der Waals surface area contributed by atoms with E-state index in [4.69, 9.17) is 12.2 Å². The summed E-state index contributed by atoms with van der Waals surface area (Å²) in [7, 11) is 0. The summed E-state index contributed by atoms with van der Waals surface area (Å²) < 4.78 is 16.6. The molecule has 0 saturated heterocycles. The fourth-order valence-corrected chi connectivity index (χ4v) is 2.89. The van der Waals surface area contributed by atoms with E-state index in [1.165, 1.54) is 11.6 Å². The highest BCUT2D eigenvalue weighted by molar-refractivity contribution is 9.10. The van der Waals surface area contributed by atoms with Gasteiger partial charge in [-0.3, -0.25) is 0 Å². The largest absolute Gasteiger partial charge is 0.330 e. The third-order valence-electron chi connectivity index (χ3n) is 3.28. The average Bonchev–Trinajstić information content (AvgIpc) is 2.73. The molecular formula is C15H12BrFN2S. The van der Waals surface area contributed by atoms with E-state index in [1.807, 2.05) is 22.8 Å². The molecule has 1 aromatic heterocycles. The van der Waals surface area contributed by atoms with E-state index in [2.05, 4.69) is 33.0 Å². The molecule has 0 amide bonds. The number of rotatable bonds is 3. The third-order valence-corrected chi connectivity index (χ3v) is 4.21. The van der Waals surface area contributed by atoms with Gasteiger partial charge in [0.1, 0.15) is 5.82 Å². The molecule has 0 saturated carbocycles. The second-order valence-corrected chi connectivity index (χ2v) is 5.84. The van der Waals surface area contributed by atoms with Crippen molar-refractivity contribution in [1.29, 1.82) is 0 Å². The Morgan fingerprint density at radius 2 is 1.95 bits per heavy atom.